The number of hydrogen-bond acceptors (Lipinski definition) is 4. The molecule has 21 heavy (non-hydrogen) atoms. The second-order valence-electron chi connectivity index (χ2n) is 5.54. The van der Waals surface area contributed by atoms with E-state index in [2.05, 4.69) is 10.3 Å². The van der Waals surface area contributed by atoms with Crippen molar-refractivity contribution in [3.8, 4) is 0 Å². The summed E-state index contributed by atoms with van der Waals surface area (Å²) < 4.78 is 0. The quantitative estimate of drug-likeness (QED) is 0.760. The van der Waals surface area contributed by atoms with E-state index in [1.807, 2.05) is 30.3 Å². The molecule has 1 aromatic heterocycles. The number of anilines is 1. The molecule has 4 N–H and O–H groups in total. The number of nitrogens with zero attached hydrogens (tertiary/aromatic N) is 1. The van der Waals surface area contributed by atoms with E-state index in [4.69, 9.17) is 18.0 Å². The number of fused-ring (bicyclic) bond motifs is 1. The average Bonchev–Trinajstić information content (AvgIpc) is 2.48. The molecule has 1 heterocycles. The van der Waals surface area contributed by atoms with Gasteiger partial charge < -0.3 is 16.2 Å². The number of para-hydroxylation sites is 1. The van der Waals surface area contributed by atoms with Crippen LogP contribution in [0, 0.1) is 0 Å². The van der Waals surface area contributed by atoms with E-state index in [0.717, 1.165) is 48.0 Å². The summed E-state index contributed by atoms with van der Waals surface area (Å²) in [7, 11) is 0. The summed E-state index contributed by atoms with van der Waals surface area (Å²) in [5.74, 6) is 0.724. The van der Waals surface area contributed by atoms with Crippen molar-refractivity contribution in [1.29, 1.82) is 0 Å². The molecule has 0 aliphatic heterocycles. The molecule has 0 amide bonds. The molecular weight excluding hydrogens is 282 g/mol. The third kappa shape index (κ3) is 2.99. The summed E-state index contributed by atoms with van der Waals surface area (Å²) in [5, 5.41) is 14.4. The number of pyridine rings is 1. The minimum Gasteiger partial charge on any atom is -0.391 e. The SMILES string of the molecule is NC(=S)c1cc(NC2CCCCC2O)nc2ccccc12. The van der Waals surface area contributed by atoms with Crippen molar-refractivity contribution >= 4 is 33.9 Å². The highest BCUT2D eigenvalue weighted by Crippen LogP contribution is 2.25. The lowest BCUT2D eigenvalue weighted by Gasteiger charge is -2.29. The zero-order valence-corrected chi connectivity index (χ0v) is 12.6. The van der Waals surface area contributed by atoms with Crippen molar-refractivity contribution < 1.29 is 5.11 Å². The van der Waals surface area contributed by atoms with Crippen LogP contribution in [0.2, 0.25) is 0 Å². The minimum absolute atomic E-state index is 0.0478. The van der Waals surface area contributed by atoms with Gasteiger partial charge in [-0.2, -0.15) is 0 Å². The molecule has 5 heteroatoms. The van der Waals surface area contributed by atoms with E-state index in [1.54, 1.807) is 0 Å². The molecule has 0 saturated heterocycles. The number of nitrogens with two attached hydrogens (primary N) is 1. The molecule has 2 atom stereocenters. The van der Waals surface area contributed by atoms with E-state index >= 15 is 0 Å². The highest BCUT2D eigenvalue weighted by atomic mass is 32.1. The van der Waals surface area contributed by atoms with Crippen molar-refractivity contribution in [1.82, 2.24) is 4.98 Å². The lowest BCUT2D eigenvalue weighted by atomic mass is 9.92. The Labute approximate surface area is 129 Å². The maximum atomic E-state index is 10.1. The Bertz CT molecular complexity index is 674. The second kappa shape index (κ2) is 5.95. The summed E-state index contributed by atoms with van der Waals surface area (Å²) in [6.45, 7) is 0. The lowest BCUT2D eigenvalue weighted by molar-refractivity contribution is 0.116. The summed E-state index contributed by atoms with van der Waals surface area (Å²) in [5.41, 5.74) is 7.52. The van der Waals surface area contributed by atoms with Crippen LogP contribution < -0.4 is 11.1 Å². The first-order valence-corrected chi connectivity index (χ1v) is 7.70. The second-order valence-corrected chi connectivity index (χ2v) is 5.98. The van der Waals surface area contributed by atoms with E-state index in [9.17, 15) is 5.11 Å². The molecule has 2 aromatic rings. The van der Waals surface area contributed by atoms with Gasteiger partial charge in [0.25, 0.3) is 0 Å². The number of hydrogen-bond donors (Lipinski definition) is 3. The zero-order valence-electron chi connectivity index (χ0n) is 11.7. The van der Waals surface area contributed by atoms with Gasteiger partial charge in [-0.3, -0.25) is 0 Å². The molecule has 3 rings (SSSR count). The molecule has 0 bridgehead atoms. The highest BCUT2D eigenvalue weighted by Gasteiger charge is 2.23. The Kier molecular flexibility index (Phi) is 4.03. The first-order chi connectivity index (χ1) is 10.1. The molecule has 1 fully saturated rings. The fourth-order valence-electron chi connectivity index (χ4n) is 2.92. The van der Waals surface area contributed by atoms with Gasteiger partial charge in [0.1, 0.15) is 10.8 Å². The number of nitrogens with one attached hydrogen (secondary N) is 1. The number of thiocarbonyl (C=S) groups is 1. The Morgan fingerprint density at radius 3 is 2.81 bits per heavy atom. The van der Waals surface area contributed by atoms with Crippen molar-refractivity contribution in [2.45, 2.75) is 37.8 Å². The fraction of sp³-hybridized carbons (Fsp3) is 0.375. The summed E-state index contributed by atoms with van der Waals surface area (Å²) in [6, 6.07) is 9.73. The predicted molar refractivity (Wildman–Crippen MR) is 89.5 cm³/mol. The van der Waals surface area contributed by atoms with Gasteiger partial charge >= 0.3 is 0 Å². The van der Waals surface area contributed by atoms with Crippen LogP contribution in [0.15, 0.2) is 30.3 Å². The monoisotopic (exact) mass is 301 g/mol. The Balaban J connectivity index is 1.97. The van der Waals surface area contributed by atoms with Crippen LogP contribution in [0.3, 0.4) is 0 Å². The summed E-state index contributed by atoms with van der Waals surface area (Å²) in [6.07, 6.45) is 3.69. The maximum absolute atomic E-state index is 10.1. The Hall–Kier alpha value is -1.72. The van der Waals surface area contributed by atoms with Gasteiger partial charge in [0.15, 0.2) is 0 Å². The topological polar surface area (TPSA) is 71.2 Å². The van der Waals surface area contributed by atoms with E-state index in [0.29, 0.717) is 4.99 Å². The number of aliphatic hydroxyl groups excluding tert-OH is 1. The van der Waals surface area contributed by atoms with Crippen LogP contribution in [0.4, 0.5) is 5.82 Å². The van der Waals surface area contributed by atoms with E-state index in [-0.39, 0.29) is 12.1 Å². The van der Waals surface area contributed by atoms with Gasteiger partial charge in [0, 0.05) is 10.9 Å². The van der Waals surface area contributed by atoms with Gasteiger partial charge in [-0.1, -0.05) is 43.3 Å². The highest BCUT2D eigenvalue weighted by molar-refractivity contribution is 7.80. The first-order valence-electron chi connectivity index (χ1n) is 7.29. The number of aromatic nitrogens is 1. The van der Waals surface area contributed by atoms with Crippen molar-refractivity contribution in [3.63, 3.8) is 0 Å². The van der Waals surface area contributed by atoms with Crippen LogP contribution in [0.5, 0.6) is 0 Å². The molecule has 1 aromatic carbocycles. The molecule has 4 nitrogen and oxygen atoms in total. The molecule has 1 aliphatic carbocycles. The van der Waals surface area contributed by atoms with E-state index in [1.165, 1.54) is 0 Å². The molecule has 1 saturated carbocycles. The zero-order chi connectivity index (χ0) is 14.8. The fourth-order valence-corrected chi connectivity index (χ4v) is 3.09. The van der Waals surface area contributed by atoms with Crippen LogP contribution in [0.25, 0.3) is 10.9 Å². The van der Waals surface area contributed by atoms with E-state index < -0.39 is 0 Å². The van der Waals surface area contributed by atoms with Crippen molar-refractivity contribution in [2.75, 3.05) is 5.32 Å². The minimum atomic E-state index is -0.319. The third-order valence-corrected chi connectivity index (χ3v) is 4.26. The summed E-state index contributed by atoms with van der Waals surface area (Å²) in [4.78, 5) is 4.97. The average molecular weight is 301 g/mol. The summed E-state index contributed by atoms with van der Waals surface area (Å²) >= 11 is 5.15. The van der Waals surface area contributed by atoms with Crippen molar-refractivity contribution in [2.24, 2.45) is 5.73 Å². The lowest BCUT2D eigenvalue weighted by Crippen LogP contribution is -2.36. The predicted octanol–water partition coefficient (Wildman–Crippen LogP) is 2.58. The molecule has 0 radical (unpaired) electrons. The normalized spacial score (nSPS) is 22.1. The Morgan fingerprint density at radius 1 is 1.29 bits per heavy atom. The van der Waals surface area contributed by atoms with Crippen LogP contribution >= 0.6 is 12.2 Å². The van der Waals surface area contributed by atoms with Gasteiger partial charge in [0.05, 0.1) is 17.7 Å². The standard InChI is InChI=1S/C16H19N3OS/c17-16(21)11-9-15(18-12-6-2-1-5-10(11)12)19-13-7-3-4-8-14(13)20/h1-2,5-6,9,13-14,20H,3-4,7-8H2,(H2,17,21)(H,18,19). The van der Waals surface area contributed by atoms with Gasteiger partial charge in [0.2, 0.25) is 0 Å². The smallest absolute Gasteiger partial charge is 0.127 e. The molecule has 2 unspecified atom stereocenters. The van der Waals surface area contributed by atoms with Crippen LogP contribution in [-0.4, -0.2) is 27.2 Å². The molecule has 110 valence electrons. The van der Waals surface area contributed by atoms with Gasteiger partial charge in [-0.05, 0) is 25.0 Å². The van der Waals surface area contributed by atoms with Gasteiger partial charge in [-0.25, -0.2) is 4.98 Å². The molecule has 1 aliphatic rings. The van der Waals surface area contributed by atoms with Gasteiger partial charge in [-0.15, -0.1) is 0 Å². The maximum Gasteiger partial charge on any atom is 0.127 e. The third-order valence-electron chi connectivity index (χ3n) is 4.04. The molecule has 0 spiro atoms. The number of rotatable bonds is 3. The number of benzene rings is 1. The van der Waals surface area contributed by atoms with Crippen LogP contribution in [0.1, 0.15) is 31.2 Å². The first kappa shape index (κ1) is 14.2. The largest absolute Gasteiger partial charge is 0.391 e. The Morgan fingerprint density at radius 2 is 2.05 bits per heavy atom. The molecular formula is C16H19N3OS. The number of aliphatic hydroxyl groups is 1. The van der Waals surface area contributed by atoms with Crippen LogP contribution in [-0.2, 0) is 0 Å². The van der Waals surface area contributed by atoms with Crippen molar-refractivity contribution in [3.05, 3.63) is 35.9 Å².